The molecule has 0 heterocycles. The molecule has 0 aliphatic rings. The van der Waals surface area contributed by atoms with Gasteiger partial charge in [-0.15, -0.1) is 0 Å². The Morgan fingerprint density at radius 3 is 2.47 bits per heavy atom. The van der Waals surface area contributed by atoms with Gasteiger partial charge in [0.15, 0.2) is 0 Å². The Morgan fingerprint density at radius 1 is 1.26 bits per heavy atom. The van der Waals surface area contributed by atoms with Crippen molar-refractivity contribution in [2.75, 3.05) is 13.6 Å². The van der Waals surface area contributed by atoms with E-state index in [0.29, 0.717) is 6.04 Å². The van der Waals surface area contributed by atoms with E-state index in [0.717, 1.165) is 25.8 Å². The van der Waals surface area contributed by atoms with Gasteiger partial charge in [0.05, 0.1) is 0 Å². The van der Waals surface area contributed by atoms with Crippen LogP contribution in [0, 0.1) is 6.92 Å². The molecule has 0 saturated heterocycles. The molecule has 3 heteroatoms. The summed E-state index contributed by atoms with van der Waals surface area (Å²) < 4.78 is 0. The van der Waals surface area contributed by atoms with Crippen LogP contribution < -0.4 is 0 Å². The van der Waals surface area contributed by atoms with Crippen molar-refractivity contribution >= 4 is 5.97 Å². The van der Waals surface area contributed by atoms with Gasteiger partial charge in [0, 0.05) is 12.5 Å². The molecule has 1 aromatic rings. The number of carboxylic acids is 1. The number of aryl methyl sites for hydroxylation is 1. The highest BCUT2D eigenvalue weighted by Crippen LogP contribution is 2.10. The molecule has 0 amide bonds. The van der Waals surface area contributed by atoms with Gasteiger partial charge in [-0.3, -0.25) is 4.79 Å². The quantitative estimate of drug-likeness (QED) is 0.733. The molecule has 0 saturated carbocycles. The minimum Gasteiger partial charge on any atom is -0.481 e. The fourth-order valence-electron chi connectivity index (χ4n) is 2.08. The first-order chi connectivity index (χ1) is 8.99. The predicted octanol–water partition coefficient (Wildman–Crippen LogP) is 3.11. The Hall–Kier alpha value is -1.35. The number of nitrogens with zero attached hydrogens (tertiary/aromatic N) is 1. The molecule has 1 N–H and O–H groups in total. The molecule has 0 aliphatic heterocycles. The lowest BCUT2D eigenvalue weighted by Crippen LogP contribution is -2.31. The van der Waals surface area contributed by atoms with Gasteiger partial charge in [0.2, 0.25) is 0 Å². The molecular formula is C16H25NO2. The maximum atomic E-state index is 10.4. The summed E-state index contributed by atoms with van der Waals surface area (Å²) in [7, 11) is 2.11. The van der Waals surface area contributed by atoms with E-state index in [1.807, 2.05) is 0 Å². The SMILES string of the molecule is Cc1ccc(CC(C)N(C)CCCCC(=O)O)cc1. The van der Waals surface area contributed by atoms with Gasteiger partial charge in [-0.25, -0.2) is 0 Å². The Morgan fingerprint density at radius 2 is 1.89 bits per heavy atom. The first kappa shape index (κ1) is 15.7. The van der Waals surface area contributed by atoms with Gasteiger partial charge in [-0.05, 0) is 52.3 Å². The van der Waals surface area contributed by atoms with Crippen LogP contribution in [0.25, 0.3) is 0 Å². The average molecular weight is 263 g/mol. The topological polar surface area (TPSA) is 40.5 Å². The van der Waals surface area contributed by atoms with Crippen molar-refractivity contribution in [3.63, 3.8) is 0 Å². The third kappa shape index (κ3) is 6.39. The van der Waals surface area contributed by atoms with Gasteiger partial charge in [-0.2, -0.15) is 0 Å². The van der Waals surface area contributed by atoms with Crippen LogP contribution in [-0.4, -0.2) is 35.6 Å². The number of aliphatic carboxylic acids is 1. The summed E-state index contributed by atoms with van der Waals surface area (Å²) in [6.07, 6.45) is 3.02. The molecular weight excluding hydrogens is 238 g/mol. The van der Waals surface area contributed by atoms with Crippen LogP contribution in [0.5, 0.6) is 0 Å². The van der Waals surface area contributed by atoms with E-state index in [1.54, 1.807) is 0 Å². The van der Waals surface area contributed by atoms with Crippen molar-refractivity contribution in [3.8, 4) is 0 Å². The standard InChI is InChI=1S/C16H25NO2/c1-13-7-9-15(10-8-13)12-14(2)17(3)11-5-4-6-16(18)19/h7-10,14H,4-6,11-12H2,1-3H3,(H,18,19). The molecule has 1 aromatic carbocycles. The van der Waals surface area contributed by atoms with Crippen molar-refractivity contribution < 1.29 is 9.90 Å². The summed E-state index contributed by atoms with van der Waals surface area (Å²) in [4.78, 5) is 12.7. The second-order valence-electron chi connectivity index (χ2n) is 5.37. The van der Waals surface area contributed by atoms with Crippen LogP contribution in [0.1, 0.15) is 37.3 Å². The molecule has 1 rings (SSSR count). The van der Waals surface area contributed by atoms with Gasteiger partial charge >= 0.3 is 5.97 Å². The number of benzene rings is 1. The van der Waals surface area contributed by atoms with Crippen LogP contribution >= 0.6 is 0 Å². The van der Waals surface area contributed by atoms with Crippen molar-refractivity contribution in [2.24, 2.45) is 0 Å². The zero-order chi connectivity index (χ0) is 14.3. The van der Waals surface area contributed by atoms with Crippen LogP contribution in [-0.2, 0) is 11.2 Å². The minimum atomic E-state index is -0.699. The first-order valence-corrected chi connectivity index (χ1v) is 6.96. The zero-order valence-electron chi connectivity index (χ0n) is 12.2. The largest absolute Gasteiger partial charge is 0.481 e. The molecule has 19 heavy (non-hydrogen) atoms. The lowest BCUT2D eigenvalue weighted by atomic mass is 10.0. The fourth-order valence-corrected chi connectivity index (χ4v) is 2.08. The third-order valence-electron chi connectivity index (χ3n) is 3.56. The Labute approximate surface area is 116 Å². The molecule has 0 fully saturated rings. The predicted molar refractivity (Wildman–Crippen MR) is 78.5 cm³/mol. The van der Waals surface area contributed by atoms with E-state index in [-0.39, 0.29) is 6.42 Å². The van der Waals surface area contributed by atoms with Crippen LogP contribution in [0.2, 0.25) is 0 Å². The van der Waals surface area contributed by atoms with Gasteiger partial charge < -0.3 is 10.0 Å². The number of rotatable bonds is 8. The molecule has 0 spiro atoms. The smallest absolute Gasteiger partial charge is 0.303 e. The molecule has 0 aliphatic carbocycles. The summed E-state index contributed by atoms with van der Waals surface area (Å²) in [6.45, 7) is 5.28. The highest BCUT2D eigenvalue weighted by atomic mass is 16.4. The number of carbonyl (C=O) groups is 1. The average Bonchev–Trinajstić information content (AvgIpc) is 2.36. The molecule has 1 atom stereocenters. The molecule has 1 unspecified atom stereocenters. The van der Waals surface area contributed by atoms with E-state index in [2.05, 4.69) is 50.1 Å². The maximum Gasteiger partial charge on any atom is 0.303 e. The Kier molecular flexibility index (Phi) is 6.57. The first-order valence-electron chi connectivity index (χ1n) is 6.96. The maximum absolute atomic E-state index is 10.4. The van der Waals surface area contributed by atoms with Gasteiger partial charge in [0.25, 0.3) is 0 Å². The van der Waals surface area contributed by atoms with E-state index >= 15 is 0 Å². The molecule has 0 bridgehead atoms. The van der Waals surface area contributed by atoms with E-state index < -0.39 is 5.97 Å². The number of likely N-dealkylation sites (N-methyl/N-ethyl adjacent to an activating group) is 1. The summed E-state index contributed by atoms with van der Waals surface area (Å²) in [5.41, 5.74) is 2.65. The number of unbranched alkanes of at least 4 members (excludes halogenated alkanes) is 1. The number of carboxylic acid groups (broad SMARTS) is 1. The van der Waals surface area contributed by atoms with E-state index in [9.17, 15) is 4.79 Å². The summed E-state index contributed by atoms with van der Waals surface area (Å²) in [6, 6.07) is 9.14. The lowest BCUT2D eigenvalue weighted by Gasteiger charge is -2.24. The summed E-state index contributed by atoms with van der Waals surface area (Å²) >= 11 is 0. The molecule has 0 aromatic heterocycles. The fraction of sp³-hybridized carbons (Fsp3) is 0.562. The number of hydrogen-bond acceptors (Lipinski definition) is 2. The summed E-state index contributed by atoms with van der Waals surface area (Å²) in [5, 5.41) is 8.59. The highest BCUT2D eigenvalue weighted by Gasteiger charge is 2.09. The second-order valence-corrected chi connectivity index (χ2v) is 5.37. The van der Waals surface area contributed by atoms with Crippen molar-refractivity contribution in [1.29, 1.82) is 0 Å². The molecule has 0 radical (unpaired) electrons. The highest BCUT2D eigenvalue weighted by molar-refractivity contribution is 5.66. The Balaban J connectivity index is 2.29. The van der Waals surface area contributed by atoms with Crippen molar-refractivity contribution in [2.45, 2.75) is 45.6 Å². The van der Waals surface area contributed by atoms with E-state index in [4.69, 9.17) is 5.11 Å². The van der Waals surface area contributed by atoms with Gasteiger partial charge in [0.1, 0.15) is 0 Å². The van der Waals surface area contributed by atoms with Gasteiger partial charge in [-0.1, -0.05) is 29.8 Å². The summed E-state index contributed by atoms with van der Waals surface area (Å²) in [5.74, 6) is -0.699. The Bertz CT molecular complexity index is 386. The molecule has 3 nitrogen and oxygen atoms in total. The minimum absolute atomic E-state index is 0.278. The number of hydrogen-bond donors (Lipinski definition) is 1. The van der Waals surface area contributed by atoms with Crippen molar-refractivity contribution in [1.82, 2.24) is 4.90 Å². The van der Waals surface area contributed by atoms with E-state index in [1.165, 1.54) is 11.1 Å². The van der Waals surface area contributed by atoms with Crippen LogP contribution in [0.15, 0.2) is 24.3 Å². The molecule has 106 valence electrons. The normalized spacial score (nSPS) is 12.6. The zero-order valence-corrected chi connectivity index (χ0v) is 12.2. The third-order valence-corrected chi connectivity index (χ3v) is 3.56. The monoisotopic (exact) mass is 263 g/mol. The lowest BCUT2D eigenvalue weighted by molar-refractivity contribution is -0.137. The van der Waals surface area contributed by atoms with Crippen LogP contribution in [0.3, 0.4) is 0 Å². The second kappa shape index (κ2) is 7.95. The van der Waals surface area contributed by atoms with Crippen molar-refractivity contribution in [3.05, 3.63) is 35.4 Å². The van der Waals surface area contributed by atoms with Crippen LogP contribution in [0.4, 0.5) is 0 Å².